The second kappa shape index (κ2) is 10.9. The maximum atomic E-state index is 12.6. The summed E-state index contributed by atoms with van der Waals surface area (Å²) in [6.45, 7) is 3.15. The van der Waals surface area contributed by atoms with Crippen molar-refractivity contribution in [1.82, 2.24) is 15.2 Å². The summed E-state index contributed by atoms with van der Waals surface area (Å²) in [6.07, 6.45) is -2.06. The Balaban J connectivity index is 2.04. The van der Waals surface area contributed by atoms with E-state index in [-0.39, 0.29) is 18.3 Å². The van der Waals surface area contributed by atoms with Crippen LogP contribution in [0.2, 0.25) is 0 Å². The number of ether oxygens (including phenoxy) is 1. The van der Waals surface area contributed by atoms with Gasteiger partial charge in [-0.25, -0.2) is 5.06 Å². The molecule has 160 valence electrons. The van der Waals surface area contributed by atoms with Gasteiger partial charge in [-0.15, -0.1) is 0 Å². The Kier molecular flexibility index (Phi) is 8.59. The molecule has 0 aliphatic heterocycles. The highest BCUT2D eigenvalue weighted by Crippen LogP contribution is 2.29. The third kappa shape index (κ3) is 7.13. The van der Waals surface area contributed by atoms with Crippen molar-refractivity contribution in [2.75, 3.05) is 20.3 Å². The predicted molar refractivity (Wildman–Crippen MR) is 97.3 cm³/mol. The molecule has 0 saturated heterocycles. The molecule has 1 aromatic carbocycles. The van der Waals surface area contributed by atoms with Crippen LogP contribution in [0, 0.1) is 0 Å². The molecule has 1 heterocycles. The molecule has 0 spiro atoms. The minimum Gasteiger partial charge on any atom is -0.385 e. The lowest BCUT2D eigenvalue weighted by atomic mass is 10.1. The first-order valence-electron chi connectivity index (χ1n) is 9.27. The van der Waals surface area contributed by atoms with Crippen LogP contribution < -0.4 is 0 Å². The fourth-order valence-corrected chi connectivity index (χ4v) is 2.40. The number of carbonyl (C=O) groups excluding carboxylic acids is 1. The van der Waals surface area contributed by atoms with Crippen molar-refractivity contribution in [3.63, 3.8) is 0 Å². The summed E-state index contributed by atoms with van der Waals surface area (Å²) >= 11 is 0. The van der Waals surface area contributed by atoms with Gasteiger partial charge >= 0.3 is 12.1 Å². The molecule has 1 aromatic heterocycles. The Bertz CT molecular complexity index is 763. The van der Waals surface area contributed by atoms with E-state index in [2.05, 4.69) is 14.7 Å². The van der Waals surface area contributed by atoms with Gasteiger partial charge in [0.1, 0.15) is 0 Å². The van der Waals surface area contributed by atoms with Crippen LogP contribution in [-0.2, 0) is 27.1 Å². The predicted octanol–water partition coefficient (Wildman–Crippen LogP) is 4.24. The van der Waals surface area contributed by atoms with Crippen LogP contribution in [0.1, 0.15) is 44.1 Å². The van der Waals surface area contributed by atoms with E-state index >= 15 is 0 Å². The van der Waals surface area contributed by atoms with Gasteiger partial charge in [0.15, 0.2) is 0 Å². The quantitative estimate of drug-likeness (QED) is 0.404. The molecule has 10 heteroatoms. The summed E-state index contributed by atoms with van der Waals surface area (Å²) in [5.41, 5.74) is 1.13. The van der Waals surface area contributed by atoms with Crippen molar-refractivity contribution in [2.24, 2.45) is 0 Å². The van der Waals surface area contributed by atoms with E-state index in [0.29, 0.717) is 31.6 Å². The second-order valence-electron chi connectivity index (χ2n) is 6.33. The van der Waals surface area contributed by atoms with Gasteiger partial charge in [-0.1, -0.05) is 42.8 Å². The maximum absolute atomic E-state index is 12.6. The van der Waals surface area contributed by atoms with Crippen molar-refractivity contribution in [1.29, 1.82) is 0 Å². The second-order valence-corrected chi connectivity index (χ2v) is 6.33. The largest absolute Gasteiger partial charge is 0.471 e. The molecule has 2 rings (SSSR count). The molecule has 0 atom stereocenters. The SMILES string of the molecule is CCCCON(Cc1ccc(-c2noc(C(F)(F)F)n2)cc1)C(=O)CCCOC. The van der Waals surface area contributed by atoms with Gasteiger partial charge in [-0.2, -0.15) is 18.2 Å². The zero-order chi connectivity index (χ0) is 21.3. The van der Waals surface area contributed by atoms with Crippen LogP contribution in [0.5, 0.6) is 0 Å². The molecule has 29 heavy (non-hydrogen) atoms. The number of nitrogens with zero attached hydrogens (tertiary/aromatic N) is 3. The Morgan fingerprint density at radius 3 is 2.48 bits per heavy atom. The number of unbranched alkanes of at least 4 members (excludes halogenated alkanes) is 1. The van der Waals surface area contributed by atoms with E-state index in [0.717, 1.165) is 18.4 Å². The number of amides is 1. The molecule has 0 unspecified atom stereocenters. The Labute approximate surface area is 166 Å². The van der Waals surface area contributed by atoms with Gasteiger partial charge in [0.05, 0.1) is 13.2 Å². The summed E-state index contributed by atoms with van der Waals surface area (Å²) in [6, 6.07) is 6.50. The van der Waals surface area contributed by atoms with E-state index in [1.807, 2.05) is 6.92 Å². The lowest BCUT2D eigenvalue weighted by Crippen LogP contribution is -2.31. The first-order valence-corrected chi connectivity index (χ1v) is 9.27. The lowest BCUT2D eigenvalue weighted by Gasteiger charge is -2.22. The highest BCUT2D eigenvalue weighted by molar-refractivity contribution is 5.75. The van der Waals surface area contributed by atoms with Crippen LogP contribution in [0.4, 0.5) is 13.2 Å². The van der Waals surface area contributed by atoms with E-state index in [9.17, 15) is 18.0 Å². The monoisotopic (exact) mass is 415 g/mol. The van der Waals surface area contributed by atoms with Crippen molar-refractivity contribution in [2.45, 2.75) is 45.3 Å². The topological polar surface area (TPSA) is 77.7 Å². The molecule has 0 aliphatic carbocycles. The number of hydrogen-bond donors (Lipinski definition) is 0. The number of rotatable bonds is 11. The molecule has 0 fully saturated rings. The first-order chi connectivity index (χ1) is 13.8. The molecular weight excluding hydrogens is 391 g/mol. The zero-order valence-electron chi connectivity index (χ0n) is 16.4. The third-order valence-corrected chi connectivity index (χ3v) is 3.97. The van der Waals surface area contributed by atoms with Gasteiger partial charge < -0.3 is 9.26 Å². The van der Waals surface area contributed by atoms with Gasteiger partial charge in [0.2, 0.25) is 11.7 Å². The lowest BCUT2D eigenvalue weighted by molar-refractivity contribution is -0.191. The van der Waals surface area contributed by atoms with Crippen LogP contribution in [0.25, 0.3) is 11.4 Å². The van der Waals surface area contributed by atoms with Crippen molar-refractivity contribution in [3.8, 4) is 11.4 Å². The van der Waals surface area contributed by atoms with Gasteiger partial charge in [-0.05, 0) is 18.4 Å². The normalized spacial score (nSPS) is 11.6. The van der Waals surface area contributed by atoms with Crippen molar-refractivity contribution >= 4 is 5.91 Å². The number of alkyl halides is 3. The average molecular weight is 415 g/mol. The molecule has 0 bridgehead atoms. The Morgan fingerprint density at radius 1 is 1.17 bits per heavy atom. The minimum absolute atomic E-state index is 0.157. The van der Waals surface area contributed by atoms with Gasteiger partial charge in [0.25, 0.3) is 0 Å². The van der Waals surface area contributed by atoms with Crippen LogP contribution in [0.3, 0.4) is 0 Å². The first kappa shape index (κ1) is 22.8. The summed E-state index contributed by atoms with van der Waals surface area (Å²) in [5, 5.41) is 4.67. The number of aromatic nitrogens is 2. The zero-order valence-corrected chi connectivity index (χ0v) is 16.4. The fourth-order valence-electron chi connectivity index (χ4n) is 2.40. The van der Waals surface area contributed by atoms with Crippen LogP contribution in [0.15, 0.2) is 28.8 Å². The Morgan fingerprint density at radius 2 is 1.90 bits per heavy atom. The Hall–Kier alpha value is -2.46. The molecule has 0 N–H and O–H groups in total. The van der Waals surface area contributed by atoms with E-state index < -0.39 is 12.1 Å². The number of hydroxylamine groups is 2. The number of benzene rings is 1. The summed E-state index contributed by atoms with van der Waals surface area (Å²) in [7, 11) is 1.57. The summed E-state index contributed by atoms with van der Waals surface area (Å²) < 4.78 is 47.0. The third-order valence-electron chi connectivity index (χ3n) is 3.97. The van der Waals surface area contributed by atoms with E-state index in [1.54, 1.807) is 31.4 Å². The van der Waals surface area contributed by atoms with Crippen LogP contribution in [-0.4, -0.2) is 41.4 Å². The van der Waals surface area contributed by atoms with Crippen molar-refractivity contribution in [3.05, 3.63) is 35.7 Å². The minimum atomic E-state index is -4.69. The van der Waals surface area contributed by atoms with Crippen molar-refractivity contribution < 1.29 is 32.1 Å². The number of halogens is 3. The molecule has 7 nitrogen and oxygen atoms in total. The number of methoxy groups -OCH3 is 1. The van der Waals surface area contributed by atoms with Gasteiger partial charge in [0, 0.05) is 25.7 Å². The van der Waals surface area contributed by atoms with Gasteiger partial charge in [-0.3, -0.25) is 9.63 Å². The standard InChI is InChI=1S/C19H24F3N3O4/c1-3-4-12-28-25(16(26)6-5-11-27-2)13-14-7-9-15(10-8-14)17-23-18(29-24-17)19(20,21)22/h7-10H,3-6,11-13H2,1-2H3. The van der Waals surface area contributed by atoms with E-state index in [1.165, 1.54) is 5.06 Å². The number of carbonyl (C=O) groups is 1. The molecule has 0 saturated carbocycles. The molecule has 0 radical (unpaired) electrons. The highest BCUT2D eigenvalue weighted by Gasteiger charge is 2.38. The fraction of sp³-hybridized carbons (Fsp3) is 0.526. The smallest absolute Gasteiger partial charge is 0.385 e. The summed E-state index contributed by atoms with van der Waals surface area (Å²) in [5.74, 6) is -1.71. The summed E-state index contributed by atoms with van der Waals surface area (Å²) in [4.78, 5) is 21.4. The van der Waals surface area contributed by atoms with Crippen LogP contribution >= 0.6 is 0 Å². The molecule has 0 aliphatic rings. The number of hydrogen-bond acceptors (Lipinski definition) is 6. The van der Waals surface area contributed by atoms with E-state index in [4.69, 9.17) is 9.57 Å². The molecular formula is C19H24F3N3O4. The average Bonchev–Trinajstić information content (AvgIpc) is 3.19. The highest BCUT2D eigenvalue weighted by atomic mass is 19.4. The maximum Gasteiger partial charge on any atom is 0.471 e. The molecule has 1 amide bonds. The molecule has 2 aromatic rings.